The highest BCUT2D eigenvalue weighted by Crippen LogP contribution is 2.40. The molecule has 0 aliphatic carbocycles. The van der Waals surface area contributed by atoms with Gasteiger partial charge in [0.15, 0.2) is 0 Å². The minimum absolute atomic E-state index is 0.556. The van der Waals surface area contributed by atoms with Crippen LogP contribution in [-0.4, -0.2) is 13.1 Å². The van der Waals surface area contributed by atoms with Gasteiger partial charge in [-0.15, -0.1) is 5.92 Å². The van der Waals surface area contributed by atoms with E-state index in [4.69, 9.17) is 4.74 Å². The summed E-state index contributed by atoms with van der Waals surface area (Å²) in [7, 11) is 2.15. The molecule has 2 aromatic carbocycles. The molecule has 3 rings (SSSR count). The number of nitrogens with zero attached hydrogens (tertiary/aromatic N) is 1. The summed E-state index contributed by atoms with van der Waals surface area (Å²) < 4.78 is 6.21. The zero-order valence-electron chi connectivity index (χ0n) is 13.4. The normalized spacial score (nSPS) is 16.5. The summed E-state index contributed by atoms with van der Waals surface area (Å²) in [5.41, 5.74) is 3.49. The van der Waals surface area contributed by atoms with Crippen LogP contribution in [0, 0.1) is 11.8 Å². The SMILES string of the molecule is CC#Cc1ccc2c(c1Oc1ccccc1)CCC(C)N2C. The molecule has 1 aliphatic heterocycles. The minimum atomic E-state index is 0.556. The van der Waals surface area contributed by atoms with Gasteiger partial charge in [0.05, 0.1) is 5.56 Å². The third kappa shape index (κ3) is 2.67. The van der Waals surface area contributed by atoms with E-state index in [0.717, 1.165) is 29.9 Å². The third-order valence-corrected chi connectivity index (χ3v) is 4.31. The fourth-order valence-electron chi connectivity index (χ4n) is 2.93. The van der Waals surface area contributed by atoms with E-state index < -0.39 is 0 Å². The number of hydrogen-bond donors (Lipinski definition) is 0. The van der Waals surface area contributed by atoms with E-state index in [1.54, 1.807) is 0 Å². The van der Waals surface area contributed by atoms with Crippen molar-refractivity contribution in [2.24, 2.45) is 0 Å². The highest BCUT2D eigenvalue weighted by molar-refractivity contribution is 5.67. The van der Waals surface area contributed by atoms with E-state index in [1.165, 1.54) is 11.3 Å². The van der Waals surface area contributed by atoms with Crippen LogP contribution in [0.3, 0.4) is 0 Å². The summed E-state index contributed by atoms with van der Waals surface area (Å²) in [6.45, 7) is 4.13. The molecule has 1 heterocycles. The van der Waals surface area contributed by atoms with Gasteiger partial charge in [0, 0.05) is 24.3 Å². The Labute approximate surface area is 132 Å². The first-order chi connectivity index (χ1) is 10.7. The maximum absolute atomic E-state index is 6.21. The fraction of sp³-hybridized carbons (Fsp3) is 0.300. The van der Waals surface area contributed by atoms with E-state index in [2.05, 4.69) is 42.8 Å². The van der Waals surface area contributed by atoms with Crippen LogP contribution < -0.4 is 9.64 Å². The molecule has 0 aromatic heterocycles. The van der Waals surface area contributed by atoms with Crippen LogP contribution in [-0.2, 0) is 6.42 Å². The van der Waals surface area contributed by atoms with E-state index in [0.29, 0.717) is 6.04 Å². The number of rotatable bonds is 2. The first-order valence-electron chi connectivity index (χ1n) is 7.75. The van der Waals surface area contributed by atoms with Crippen LogP contribution in [0.1, 0.15) is 31.4 Å². The monoisotopic (exact) mass is 291 g/mol. The molecule has 0 bridgehead atoms. The molecule has 0 amide bonds. The second kappa shape index (κ2) is 6.15. The predicted molar refractivity (Wildman–Crippen MR) is 91.7 cm³/mol. The highest BCUT2D eigenvalue weighted by atomic mass is 16.5. The Kier molecular flexibility index (Phi) is 4.06. The van der Waals surface area contributed by atoms with Crippen molar-refractivity contribution >= 4 is 5.69 Å². The summed E-state index contributed by atoms with van der Waals surface area (Å²) in [6.07, 6.45) is 2.17. The van der Waals surface area contributed by atoms with Gasteiger partial charge in [-0.2, -0.15) is 0 Å². The molecule has 0 spiro atoms. The third-order valence-electron chi connectivity index (χ3n) is 4.31. The Morgan fingerprint density at radius 2 is 1.91 bits per heavy atom. The molecule has 0 saturated heterocycles. The summed E-state index contributed by atoms with van der Waals surface area (Å²) in [5.74, 6) is 7.94. The van der Waals surface area contributed by atoms with Crippen LogP contribution in [0.15, 0.2) is 42.5 Å². The van der Waals surface area contributed by atoms with Crippen molar-refractivity contribution in [1.29, 1.82) is 0 Å². The molecule has 22 heavy (non-hydrogen) atoms. The van der Waals surface area contributed by atoms with Crippen molar-refractivity contribution in [2.45, 2.75) is 32.7 Å². The molecule has 2 heteroatoms. The molecule has 0 radical (unpaired) electrons. The van der Waals surface area contributed by atoms with Gasteiger partial charge in [-0.05, 0) is 51.0 Å². The quantitative estimate of drug-likeness (QED) is 0.748. The molecular weight excluding hydrogens is 270 g/mol. The van der Waals surface area contributed by atoms with Gasteiger partial charge in [-0.25, -0.2) is 0 Å². The number of hydrogen-bond acceptors (Lipinski definition) is 2. The minimum Gasteiger partial charge on any atom is -0.456 e. The van der Waals surface area contributed by atoms with Crippen LogP contribution in [0.2, 0.25) is 0 Å². The number of fused-ring (bicyclic) bond motifs is 1. The number of ether oxygens (including phenoxy) is 1. The van der Waals surface area contributed by atoms with Crippen molar-refractivity contribution in [3.63, 3.8) is 0 Å². The van der Waals surface area contributed by atoms with Gasteiger partial charge in [-0.1, -0.05) is 24.1 Å². The number of benzene rings is 2. The largest absolute Gasteiger partial charge is 0.456 e. The van der Waals surface area contributed by atoms with Crippen molar-refractivity contribution in [1.82, 2.24) is 0 Å². The van der Waals surface area contributed by atoms with Gasteiger partial charge in [0.25, 0.3) is 0 Å². The smallest absolute Gasteiger partial charge is 0.148 e. The molecule has 1 atom stereocenters. The lowest BCUT2D eigenvalue weighted by molar-refractivity contribution is 0.467. The lowest BCUT2D eigenvalue weighted by atomic mass is 9.94. The maximum atomic E-state index is 6.21. The molecule has 2 aromatic rings. The summed E-state index contributed by atoms with van der Waals surface area (Å²) in [4.78, 5) is 2.33. The Morgan fingerprint density at radius 3 is 2.64 bits per heavy atom. The van der Waals surface area contributed by atoms with Crippen molar-refractivity contribution < 1.29 is 4.74 Å². The zero-order chi connectivity index (χ0) is 15.5. The zero-order valence-corrected chi connectivity index (χ0v) is 13.4. The van der Waals surface area contributed by atoms with Gasteiger partial charge < -0.3 is 9.64 Å². The number of para-hydroxylation sites is 1. The fourth-order valence-corrected chi connectivity index (χ4v) is 2.93. The van der Waals surface area contributed by atoms with E-state index in [-0.39, 0.29) is 0 Å². The van der Waals surface area contributed by atoms with Crippen LogP contribution >= 0.6 is 0 Å². The predicted octanol–water partition coefficient (Wildman–Crippen LogP) is 4.62. The summed E-state index contributed by atoms with van der Waals surface area (Å²) in [6, 6.07) is 14.7. The van der Waals surface area contributed by atoms with Crippen molar-refractivity contribution in [3.8, 4) is 23.3 Å². The molecule has 2 nitrogen and oxygen atoms in total. The lowest BCUT2D eigenvalue weighted by Crippen LogP contribution is -2.33. The molecule has 0 N–H and O–H groups in total. The standard InChI is InChI=1S/C20H21NO/c1-4-8-16-12-14-19-18(13-11-15(2)21(19)3)20(16)22-17-9-6-5-7-10-17/h5-7,9-10,12,14-15H,11,13H2,1-3H3. The van der Waals surface area contributed by atoms with Crippen molar-refractivity contribution in [3.05, 3.63) is 53.6 Å². The molecule has 0 fully saturated rings. The molecular formula is C20H21NO. The van der Waals surface area contributed by atoms with Crippen LogP contribution in [0.5, 0.6) is 11.5 Å². The average molecular weight is 291 g/mol. The highest BCUT2D eigenvalue weighted by Gasteiger charge is 2.24. The first-order valence-corrected chi connectivity index (χ1v) is 7.75. The number of anilines is 1. The van der Waals surface area contributed by atoms with Crippen molar-refractivity contribution in [2.75, 3.05) is 11.9 Å². The van der Waals surface area contributed by atoms with E-state index >= 15 is 0 Å². The molecule has 1 unspecified atom stereocenters. The summed E-state index contributed by atoms with van der Waals surface area (Å²) in [5, 5.41) is 0. The molecule has 112 valence electrons. The van der Waals surface area contributed by atoms with Crippen LogP contribution in [0.4, 0.5) is 5.69 Å². The maximum Gasteiger partial charge on any atom is 0.148 e. The van der Waals surface area contributed by atoms with Crippen LogP contribution in [0.25, 0.3) is 0 Å². The Morgan fingerprint density at radius 1 is 1.14 bits per heavy atom. The van der Waals surface area contributed by atoms with E-state index in [9.17, 15) is 0 Å². The summed E-state index contributed by atoms with van der Waals surface area (Å²) >= 11 is 0. The first kappa shape index (κ1) is 14.5. The second-order valence-corrected chi connectivity index (χ2v) is 5.73. The van der Waals surface area contributed by atoms with Gasteiger partial charge in [0.1, 0.15) is 11.5 Å². The Hall–Kier alpha value is -2.40. The molecule has 1 aliphatic rings. The Bertz CT molecular complexity index is 725. The van der Waals surface area contributed by atoms with Gasteiger partial charge in [-0.3, -0.25) is 0 Å². The average Bonchev–Trinajstić information content (AvgIpc) is 2.54. The van der Waals surface area contributed by atoms with Gasteiger partial charge in [0.2, 0.25) is 0 Å². The lowest BCUT2D eigenvalue weighted by Gasteiger charge is -2.35. The Balaban J connectivity index is 2.10. The van der Waals surface area contributed by atoms with E-state index in [1.807, 2.05) is 37.3 Å². The molecule has 0 saturated carbocycles. The topological polar surface area (TPSA) is 12.5 Å². The second-order valence-electron chi connectivity index (χ2n) is 5.73. The van der Waals surface area contributed by atoms with Gasteiger partial charge >= 0.3 is 0 Å².